The van der Waals surface area contributed by atoms with Crippen LogP contribution in [0.3, 0.4) is 0 Å². The molecule has 2 aliphatic rings. The average Bonchev–Trinajstić information content (AvgIpc) is 3.37. The molecule has 174 valence electrons. The Morgan fingerprint density at radius 3 is 2.48 bits per heavy atom. The molecule has 2 fully saturated rings. The summed E-state index contributed by atoms with van der Waals surface area (Å²) in [6, 6.07) is 3.36. The minimum absolute atomic E-state index is 0.0486. The number of pyridine rings is 2. The van der Waals surface area contributed by atoms with Crippen molar-refractivity contribution in [1.29, 1.82) is 0 Å². The molecule has 1 unspecified atom stereocenters. The Morgan fingerprint density at radius 1 is 1.09 bits per heavy atom. The highest BCUT2D eigenvalue weighted by Gasteiger charge is 2.43. The summed E-state index contributed by atoms with van der Waals surface area (Å²) in [6.07, 6.45) is 8.67. The minimum Gasteiger partial charge on any atom is -0.439 e. The number of carbonyl (C=O) groups excluding carboxylic acids is 1. The van der Waals surface area contributed by atoms with Crippen molar-refractivity contribution in [2.24, 2.45) is 0 Å². The van der Waals surface area contributed by atoms with Crippen molar-refractivity contribution in [2.45, 2.75) is 63.2 Å². The maximum atomic E-state index is 13.2. The minimum atomic E-state index is -0.751. The van der Waals surface area contributed by atoms with Crippen molar-refractivity contribution in [3.63, 3.8) is 0 Å². The zero-order valence-corrected chi connectivity index (χ0v) is 18.5. The number of rotatable bonds is 7. The normalized spacial score (nSPS) is 22.4. The summed E-state index contributed by atoms with van der Waals surface area (Å²) < 4.78 is 31.4. The second-order valence-corrected chi connectivity index (χ2v) is 9.04. The molecule has 2 saturated heterocycles. The first-order chi connectivity index (χ1) is 16.0. The smallest absolute Gasteiger partial charge is 0.229 e. The van der Waals surface area contributed by atoms with Crippen molar-refractivity contribution < 1.29 is 18.0 Å². The highest BCUT2D eigenvalue weighted by Crippen LogP contribution is 2.36. The Bertz CT molecular complexity index is 1130. The van der Waals surface area contributed by atoms with Crippen molar-refractivity contribution in [2.75, 3.05) is 13.3 Å². The molecule has 0 spiro atoms. The third-order valence-electron chi connectivity index (χ3n) is 6.73. The Labute approximate surface area is 190 Å². The van der Waals surface area contributed by atoms with E-state index in [1.54, 1.807) is 25.5 Å². The van der Waals surface area contributed by atoms with Crippen molar-refractivity contribution in [3.8, 4) is 11.5 Å². The number of hydrogen-bond donors (Lipinski definition) is 1. The van der Waals surface area contributed by atoms with E-state index < -0.39 is 19.4 Å². The van der Waals surface area contributed by atoms with Gasteiger partial charge in [-0.15, -0.1) is 0 Å². The van der Waals surface area contributed by atoms with Crippen LogP contribution in [0.15, 0.2) is 35.1 Å². The van der Waals surface area contributed by atoms with E-state index in [2.05, 4.69) is 20.3 Å². The maximum absolute atomic E-state index is 13.2. The van der Waals surface area contributed by atoms with Crippen molar-refractivity contribution >= 4 is 16.7 Å². The van der Waals surface area contributed by atoms with Gasteiger partial charge in [-0.3, -0.25) is 14.8 Å². The summed E-state index contributed by atoms with van der Waals surface area (Å²) in [5.74, 6) is 1.23. The van der Waals surface area contributed by atoms with Crippen LogP contribution in [0.4, 0.5) is 8.78 Å². The van der Waals surface area contributed by atoms with Crippen LogP contribution in [0.25, 0.3) is 22.2 Å². The number of aryl methyl sites for hydroxylation is 1. The van der Waals surface area contributed by atoms with Gasteiger partial charge in [-0.1, -0.05) is 0 Å². The number of piperidine rings is 1. The van der Waals surface area contributed by atoms with E-state index in [1.807, 2.05) is 17.0 Å². The summed E-state index contributed by atoms with van der Waals surface area (Å²) in [5, 5.41) is 4.90. The van der Waals surface area contributed by atoms with E-state index in [-0.39, 0.29) is 30.5 Å². The summed E-state index contributed by atoms with van der Waals surface area (Å²) in [4.78, 5) is 28.2. The number of alkyl halides is 2. The molecule has 7 nitrogen and oxygen atoms in total. The van der Waals surface area contributed by atoms with Crippen molar-refractivity contribution in [1.82, 2.24) is 25.2 Å². The van der Waals surface area contributed by atoms with Gasteiger partial charge in [-0.2, -0.15) is 0 Å². The van der Waals surface area contributed by atoms with Gasteiger partial charge < -0.3 is 14.6 Å². The predicted octanol–water partition coefficient (Wildman–Crippen LogP) is 3.55. The number of nitrogens with one attached hydrogen (secondary N) is 1. The van der Waals surface area contributed by atoms with E-state index in [1.165, 1.54) is 0 Å². The first-order valence-corrected chi connectivity index (χ1v) is 11.4. The lowest BCUT2D eigenvalue weighted by atomic mass is 9.96. The Hall–Kier alpha value is -2.94. The zero-order chi connectivity index (χ0) is 22.9. The molecule has 1 amide bonds. The Morgan fingerprint density at radius 2 is 1.82 bits per heavy atom. The van der Waals surface area contributed by atoms with Crippen LogP contribution in [-0.4, -0.2) is 63.3 Å². The number of hydrogen-bond acceptors (Lipinski definition) is 6. The van der Waals surface area contributed by atoms with Crippen LogP contribution in [0.1, 0.15) is 37.3 Å². The van der Waals surface area contributed by atoms with Gasteiger partial charge in [0.1, 0.15) is 19.0 Å². The molecule has 5 heterocycles. The summed E-state index contributed by atoms with van der Waals surface area (Å²) in [5.41, 5.74) is 1.38. The quantitative estimate of drug-likeness (QED) is 0.587. The zero-order valence-electron chi connectivity index (χ0n) is 18.5. The van der Waals surface area contributed by atoms with Gasteiger partial charge in [0.25, 0.3) is 0 Å². The number of carbonyl (C=O) groups is 1. The standard InChI is InChI=1S/C24H27F2N5O2/c1-14-27-13-23(33-14)22-5-15-4-17(28-11-16(15)12-29-22)8-24(32)31-20-2-3-21(31)7-18(6-20)30-19(9-25)10-26/h4-5,11-13,18-21,30H,2-3,6-10H2,1H3/t18?,20-,21+. The number of aromatic nitrogens is 3. The number of amides is 1. The first kappa shape index (κ1) is 21.9. The molecule has 3 aromatic rings. The molecule has 33 heavy (non-hydrogen) atoms. The topological polar surface area (TPSA) is 84.2 Å². The molecule has 0 aliphatic carbocycles. The lowest BCUT2D eigenvalue weighted by molar-refractivity contribution is -0.135. The molecule has 2 bridgehead atoms. The van der Waals surface area contributed by atoms with E-state index in [0.717, 1.165) is 36.5 Å². The lowest BCUT2D eigenvalue weighted by Crippen LogP contribution is -2.54. The van der Waals surface area contributed by atoms with Gasteiger partial charge in [0, 0.05) is 42.8 Å². The monoisotopic (exact) mass is 455 g/mol. The highest BCUT2D eigenvalue weighted by molar-refractivity contribution is 5.86. The highest BCUT2D eigenvalue weighted by atomic mass is 19.1. The molecule has 0 radical (unpaired) electrons. The van der Waals surface area contributed by atoms with Gasteiger partial charge in [0.2, 0.25) is 5.91 Å². The van der Waals surface area contributed by atoms with Crippen LogP contribution in [-0.2, 0) is 11.2 Å². The first-order valence-electron chi connectivity index (χ1n) is 11.4. The number of halogens is 2. The summed E-state index contributed by atoms with van der Waals surface area (Å²) in [6.45, 7) is 0.350. The predicted molar refractivity (Wildman–Crippen MR) is 119 cm³/mol. The molecule has 5 rings (SSSR count). The fraction of sp³-hybridized carbons (Fsp3) is 0.500. The molecule has 3 atom stereocenters. The van der Waals surface area contributed by atoms with Gasteiger partial charge >= 0.3 is 0 Å². The van der Waals surface area contributed by atoms with E-state index in [9.17, 15) is 13.6 Å². The molecule has 9 heteroatoms. The second-order valence-electron chi connectivity index (χ2n) is 9.04. The van der Waals surface area contributed by atoms with Crippen LogP contribution >= 0.6 is 0 Å². The van der Waals surface area contributed by atoms with Crippen molar-refractivity contribution in [3.05, 3.63) is 42.3 Å². The van der Waals surface area contributed by atoms with Crippen LogP contribution in [0.5, 0.6) is 0 Å². The fourth-order valence-corrected chi connectivity index (χ4v) is 5.23. The van der Waals surface area contributed by atoms with Gasteiger partial charge in [-0.25, -0.2) is 13.8 Å². The number of oxazole rings is 1. The van der Waals surface area contributed by atoms with Gasteiger partial charge in [0.05, 0.1) is 24.4 Å². The van der Waals surface area contributed by atoms with E-state index in [0.29, 0.717) is 23.0 Å². The summed E-state index contributed by atoms with van der Waals surface area (Å²) in [7, 11) is 0. The van der Waals surface area contributed by atoms with Crippen LogP contribution < -0.4 is 5.32 Å². The molecule has 2 aliphatic heterocycles. The summed E-state index contributed by atoms with van der Waals surface area (Å²) >= 11 is 0. The van der Waals surface area contributed by atoms with Crippen LogP contribution in [0, 0.1) is 6.92 Å². The fourth-order valence-electron chi connectivity index (χ4n) is 5.23. The largest absolute Gasteiger partial charge is 0.439 e. The Balaban J connectivity index is 1.29. The lowest BCUT2D eigenvalue weighted by Gasteiger charge is -2.40. The van der Waals surface area contributed by atoms with E-state index in [4.69, 9.17) is 4.42 Å². The third kappa shape index (κ3) is 4.46. The molecular weight excluding hydrogens is 428 g/mol. The van der Waals surface area contributed by atoms with E-state index >= 15 is 0 Å². The SMILES string of the molecule is Cc1ncc(-c2cc3cc(CC(=O)N4[C@@H]5CC[C@H]4CC(NC(CF)CF)C5)ncc3cn2)o1. The number of fused-ring (bicyclic) bond motifs is 3. The van der Waals surface area contributed by atoms with Gasteiger partial charge in [-0.05, 0) is 43.2 Å². The number of nitrogens with zero attached hydrogens (tertiary/aromatic N) is 4. The molecular formula is C24H27F2N5O2. The maximum Gasteiger partial charge on any atom is 0.229 e. The Kier molecular flexibility index (Phi) is 6.05. The second kappa shape index (κ2) is 9.13. The van der Waals surface area contributed by atoms with Gasteiger partial charge in [0.15, 0.2) is 11.7 Å². The molecule has 1 N–H and O–H groups in total. The average molecular weight is 456 g/mol. The molecule has 0 saturated carbocycles. The molecule has 0 aromatic carbocycles. The molecule has 3 aromatic heterocycles. The third-order valence-corrected chi connectivity index (χ3v) is 6.73. The van der Waals surface area contributed by atoms with Crippen LogP contribution in [0.2, 0.25) is 0 Å².